The van der Waals surface area contributed by atoms with Gasteiger partial charge in [-0.15, -0.1) is 17.7 Å². The first-order chi connectivity index (χ1) is 22.4. The fraction of sp³-hybridized carbons (Fsp3) is 0.293. The Hall–Kier alpha value is -3.58. The molecule has 1 radical (unpaired) electrons. The molecule has 7 heteroatoms. The molecule has 0 N–H and O–H groups in total. The summed E-state index contributed by atoms with van der Waals surface area (Å²) in [6, 6.07) is 31.7. The molecule has 0 aliphatic heterocycles. The molecular weight excluding hydrogens is 829 g/mol. The van der Waals surface area contributed by atoms with E-state index in [1.807, 2.05) is 49.4 Å². The van der Waals surface area contributed by atoms with E-state index in [0.29, 0.717) is 11.6 Å². The van der Waals surface area contributed by atoms with Crippen LogP contribution in [0, 0.1) is 31.9 Å². The summed E-state index contributed by atoms with van der Waals surface area (Å²) in [4.78, 5) is 14.2. The number of imidazole rings is 1. The van der Waals surface area contributed by atoms with Crippen molar-refractivity contribution in [2.45, 2.75) is 71.3 Å². The van der Waals surface area contributed by atoms with Crippen LogP contribution in [0.3, 0.4) is 0 Å². The average molecular weight is 874 g/mol. The second kappa shape index (κ2) is 14.5. The van der Waals surface area contributed by atoms with Crippen LogP contribution >= 0.6 is 0 Å². The maximum Gasteiger partial charge on any atom is 0.216 e. The van der Waals surface area contributed by atoms with E-state index in [2.05, 4.69) is 110 Å². The summed E-state index contributed by atoms with van der Waals surface area (Å²) in [7, 11) is 0. The molecule has 4 aromatic heterocycles. The second-order valence-corrected chi connectivity index (χ2v) is 24.8. The number of furan rings is 1. The van der Waals surface area contributed by atoms with E-state index < -0.39 is 13.3 Å². The molecule has 0 aliphatic rings. The smallest absolute Gasteiger partial charge is 0.216 e. The number of aryl methyl sites for hydroxylation is 2. The molecule has 0 atom stereocenters. The van der Waals surface area contributed by atoms with Crippen LogP contribution in [0.15, 0.2) is 83.4 Å². The van der Waals surface area contributed by atoms with E-state index in [9.17, 15) is 0 Å². The van der Waals surface area contributed by atoms with Crippen molar-refractivity contribution >= 4 is 50.8 Å². The Balaban J connectivity index is 0.000000193. The van der Waals surface area contributed by atoms with Crippen LogP contribution in [-0.4, -0.2) is 32.8 Å². The second-order valence-electron chi connectivity index (χ2n) is 14.2. The molecule has 0 saturated carbocycles. The third kappa shape index (κ3) is 7.22. The van der Waals surface area contributed by atoms with Crippen molar-refractivity contribution in [3.05, 3.63) is 108 Å². The van der Waals surface area contributed by atoms with Crippen LogP contribution in [0.2, 0.25) is 17.3 Å². The Morgan fingerprint density at radius 1 is 0.896 bits per heavy atom. The van der Waals surface area contributed by atoms with Gasteiger partial charge in [-0.2, -0.15) is 0 Å². The summed E-state index contributed by atoms with van der Waals surface area (Å²) in [5, 5.41) is 2.13. The van der Waals surface area contributed by atoms with Crippen LogP contribution in [0.25, 0.3) is 55.7 Å². The first kappa shape index (κ1) is 35.7. The largest absolute Gasteiger partial charge is 0.486 e. The van der Waals surface area contributed by atoms with Gasteiger partial charge in [0.15, 0.2) is 0 Å². The van der Waals surface area contributed by atoms with Gasteiger partial charge in [-0.05, 0) is 45.0 Å². The first-order valence-electron chi connectivity index (χ1n) is 16.6. The number of pyridine rings is 2. The van der Waals surface area contributed by atoms with Gasteiger partial charge in [0.25, 0.3) is 0 Å². The van der Waals surface area contributed by atoms with Crippen LogP contribution in [0.1, 0.15) is 50.6 Å². The standard InChI is InChI=1S/C23H20N3O.C18H24GeN.Ir/c1-13(2)26-19-8-6-5-7-18(19)25-22(26)17-11-9-14(3)20-16-12-10-15(4)24-23(16)27-21(17)20;1-14(2)11-16-12-18(15-9-7-6-8-10-15)20-13-17(16)19(3,4)5;/h5-10,12-13H,1-4H3;6-9,12-14H,11H2,1-5H3;/q2*-1;. The Morgan fingerprint density at radius 3 is 2.33 bits per heavy atom. The first-order valence-corrected chi connectivity index (χ1v) is 23.9. The monoisotopic (exact) mass is 875 g/mol. The van der Waals surface area contributed by atoms with Gasteiger partial charge in [-0.3, -0.25) is 4.98 Å². The fourth-order valence-electron chi connectivity index (χ4n) is 6.35. The Morgan fingerprint density at radius 2 is 1.65 bits per heavy atom. The van der Waals surface area contributed by atoms with Crippen molar-refractivity contribution in [1.29, 1.82) is 0 Å². The van der Waals surface area contributed by atoms with E-state index in [0.717, 1.165) is 67.7 Å². The van der Waals surface area contributed by atoms with E-state index >= 15 is 0 Å². The van der Waals surface area contributed by atoms with Crippen molar-refractivity contribution in [3.63, 3.8) is 0 Å². The zero-order valence-corrected chi connectivity index (χ0v) is 33.9. The summed E-state index contributed by atoms with van der Waals surface area (Å²) in [6.07, 6.45) is 3.27. The fourth-order valence-corrected chi connectivity index (χ4v) is 9.68. The maximum atomic E-state index is 6.23. The predicted molar refractivity (Wildman–Crippen MR) is 199 cm³/mol. The minimum atomic E-state index is -1.86. The van der Waals surface area contributed by atoms with Gasteiger partial charge in [0.1, 0.15) is 0 Å². The minimum Gasteiger partial charge on any atom is -0.486 e. The number of hydrogen-bond acceptors (Lipinski definition) is 4. The number of hydrogen-bond donors (Lipinski definition) is 0. The zero-order valence-electron chi connectivity index (χ0n) is 29.4. The Kier molecular flexibility index (Phi) is 10.8. The van der Waals surface area contributed by atoms with Crippen LogP contribution in [-0.2, 0) is 26.5 Å². The number of nitrogens with zero attached hydrogens (tertiary/aromatic N) is 4. The van der Waals surface area contributed by atoms with Crippen LogP contribution in [0.4, 0.5) is 0 Å². The quantitative estimate of drug-likeness (QED) is 0.123. The summed E-state index contributed by atoms with van der Waals surface area (Å²) in [5.41, 5.74) is 10.2. The maximum absolute atomic E-state index is 6.23. The minimum absolute atomic E-state index is 0. The van der Waals surface area contributed by atoms with Crippen LogP contribution in [0.5, 0.6) is 0 Å². The molecule has 0 amide bonds. The molecule has 0 saturated heterocycles. The van der Waals surface area contributed by atoms with Gasteiger partial charge in [0.2, 0.25) is 5.71 Å². The molecule has 4 heterocycles. The molecule has 249 valence electrons. The number of para-hydroxylation sites is 2. The number of rotatable bonds is 6. The van der Waals surface area contributed by atoms with Crippen molar-refractivity contribution in [2.75, 3.05) is 0 Å². The summed E-state index contributed by atoms with van der Waals surface area (Å²) in [5.74, 6) is 8.87. The normalized spacial score (nSPS) is 11.7. The molecule has 0 bridgehead atoms. The summed E-state index contributed by atoms with van der Waals surface area (Å²) in [6.45, 7) is 13.0. The molecule has 7 aromatic rings. The number of fused-ring (bicyclic) bond motifs is 4. The topological polar surface area (TPSA) is 56.7 Å². The van der Waals surface area contributed by atoms with Gasteiger partial charge in [-0.1, -0.05) is 30.0 Å². The summed E-state index contributed by atoms with van der Waals surface area (Å²) >= 11 is -1.86. The molecular formula is C41H44GeIrN4O-2. The van der Waals surface area contributed by atoms with E-state index in [1.54, 1.807) is 4.40 Å². The molecule has 7 rings (SSSR count). The van der Waals surface area contributed by atoms with Crippen molar-refractivity contribution in [1.82, 2.24) is 19.5 Å². The molecule has 3 aromatic carbocycles. The average Bonchev–Trinajstić information content (AvgIpc) is 3.60. The van der Waals surface area contributed by atoms with Gasteiger partial charge >= 0.3 is 126 Å². The predicted octanol–water partition coefficient (Wildman–Crippen LogP) is 10.3. The van der Waals surface area contributed by atoms with Crippen molar-refractivity contribution < 1.29 is 24.5 Å². The zero-order chi connectivity index (χ0) is 33.5. The molecule has 48 heavy (non-hydrogen) atoms. The van der Waals surface area contributed by atoms with E-state index in [1.165, 1.54) is 5.56 Å². The van der Waals surface area contributed by atoms with Gasteiger partial charge in [0, 0.05) is 37.2 Å². The number of benzene rings is 3. The van der Waals surface area contributed by atoms with E-state index in [4.69, 9.17) is 14.4 Å². The molecule has 0 aliphatic carbocycles. The molecule has 5 nitrogen and oxygen atoms in total. The number of aromatic nitrogens is 4. The molecule has 0 unspecified atom stereocenters. The molecule has 0 fully saturated rings. The SMILES string of the molecule is CC(C)Cc1cc(-c2[c-]cccc2)nc[c]1[Ge]([CH3])([CH3])[CH3].Cc1ccc2c(n1)oc1c(-c3nc4ccccc4n3C(C)C)[c-]cc(C)c12.[Ir]. The van der Waals surface area contributed by atoms with Gasteiger partial charge < -0.3 is 8.98 Å². The third-order valence-electron chi connectivity index (χ3n) is 8.50. The van der Waals surface area contributed by atoms with E-state index in [-0.39, 0.29) is 26.1 Å². The Labute approximate surface area is 300 Å². The third-order valence-corrected chi connectivity index (χ3v) is 12.8. The van der Waals surface area contributed by atoms with Crippen molar-refractivity contribution in [3.8, 4) is 22.6 Å². The van der Waals surface area contributed by atoms with Gasteiger partial charge in [-0.25, -0.2) is 4.98 Å². The molecule has 0 spiro atoms. The summed E-state index contributed by atoms with van der Waals surface area (Å²) < 4.78 is 10.0. The Bertz CT molecular complexity index is 2190. The van der Waals surface area contributed by atoms with Gasteiger partial charge in [0.05, 0.1) is 22.4 Å². The van der Waals surface area contributed by atoms with Crippen molar-refractivity contribution in [2.24, 2.45) is 5.92 Å². The van der Waals surface area contributed by atoms with Crippen LogP contribution < -0.4 is 4.40 Å².